The van der Waals surface area contributed by atoms with Gasteiger partial charge in [-0.25, -0.2) is 9.36 Å². The van der Waals surface area contributed by atoms with Crippen LogP contribution in [-0.4, -0.2) is 78.9 Å². The number of aromatic nitrogens is 6. The number of likely N-dealkylation sites (tertiary alicyclic amines) is 1. The highest BCUT2D eigenvalue weighted by atomic mass is 16.2. The van der Waals surface area contributed by atoms with E-state index >= 15 is 0 Å². The molecule has 1 aromatic carbocycles. The van der Waals surface area contributed by atoms with Crippen molar-refractivity contribution < 1.29 is 4.79 Å². The molecule has 0 N–H and O–H groups in total. The van der Waals surface area contributed by atoms with Gasteiger partial charge in [-0.1, -0.05) is 22.6 Å². The van der Waals surface area contributed by atoms with Crippen LogP contribution in [0.2, 0.25) is 0 Å². The lowest BCUT2D eigenvalue weighted by Gasteiger charge is -2.24. The van der Waals surface area contributed by atoms with Crippen LogP contribution in [0.15, 0.2) is 49.1 Å². The second-order valence-corrected chi connectivity index (χ2v) is 6.56. The third-order valence-corrected chi connectivity index (χ3v) is 4.79. The van der Waals surface area contributed by atoms with Crippen molar-refractivity contribution in [3.05, 3.63) is 54.6 Å². The highest BCUT2D eigenvalue weighted by molar-refractivity contribution is 5.98. The Bertz CT molecular complexity index is 874. The monoisotopic (exact) mass is 352 g/mol. The Morgan fingerprint density at radius 2 is 1.85 bits per heavy atom. The minimum atomic E-state index is -0.0226. The van der Waals surface area contributed by atoms with Crippen LogP contribution in [0.4, 0.5) is 0 Å². The molecule has 2 aromatic heterocycles. The first-order valence-corrected chi connectivity index (χ1v) is 8.42. The Morgan fingerprint density at radius 1 is 1.08 bits per heavy atom. The van der Waals surface area contributed by atoms with Crippen LogP contribution in [0, 0.1) is 0 Å². The predicted molar refractivity (Wildman–Crippen MR) is 93.8 cm³/mol. The zero-order chi connectivity index (χ0) is 18.1. The molecule has 26 heavy (non-hydrogen) atoms. The lowest BCUT2D eigenvalue weighted by Crippen LogP contribution is -2.37. The van der Waals surface area contributed by atoms with Crippen molar-refractivity contribution in [1.82, 2.24) is 39.8 Å². The SMILES string of the molecule is CN(C)[C@@H]1CN(C(=O)c2ccccc2-n2ccnn2)C[C@@H]1n1ccnn1. The van der Waals surface area contributed by atoms with Crippen LogP contribution < -0.4 is 0 Å². The molecule has 3 aromatic rings. The smallest absolute Gasteiger partial charge is 0.256 e. The minimum Gasteiger partial charge on any atom is -0.335 e. The van der Waals surface area contributed by atoms with Gasteiger partial charge in [-0.15, -0.1) is 10.2 Å². The van der Waals surface area contributed by atoms with Crippen molar-refractivity contribution in [2.75, 3.05) is 27.2 Å². The molecule has 9 heteroatoms. The van der Waals surface area contributed by atoms with Crippen LogP contribution in [0.25, 0.3) is 5.69 Å². The number of amides is 1. The minimum absolute atomic E-state index is 0.0226. The third-order valence-electron chi connectivity index (χ3n) is 4.79. The molecular formula is C17H20N8O. The van der Waals surface area contributed by atoms with Crippen LogP contribution in [0.5, 0.6) is 0 Å². The molecule has 0 bridgehead atoms. The number of para-hydroxylation sites is 1. The number of carbonyl (C=O) groups is 1. The Morgan fingerprint density at radius 3 is 2.54 bits per heavy atom. The van der Waals surface area contributed by atoms with Gasteiger partial charge in [0.2, 0.25) is 0 Å². The van der Waals surface area contributed by atoms with Crippen molar-refractivity contribution in [2.24, 2.45) is 0 Å². The van der Waals surface area contributed by atoms with Crippen molar-refractivity contribution in [3.8, 4) is 5.69 Å². The molecule has 1 aliphatic rings. The maximum atomic E-state index is 13.2. The van der Waals surface area contributed by atoms with Crippen LogP contribution in [0.1, 0.15) is 16.4 Å². The van der Waals surface area contributed by atoms with Crippen LogP contribution in [0.3, 0.4) is 0 Å². The summed E-state index contributed by atoms with van der Waals surface area (Å²) in [5, 5.41) is 15.9. The van der Waals surface area contributed by atoms with E-state index in [9.17, 15) is 4.79 Å². The summed E-state index contributed by atoms with van der Waals surface area (Å²) in [5.74, 6) is -0.0226. The van der Waals surface area contributed by atoms with Crippen molar-refractivity contribution >= 4 is 5.91 Å². The summed E-state index contributed by atoms with van der Waals surface area (Å²) >= 11 is 0. The Balaban J connectivity index is 1.64. The first-order chi connectivity index (χ1) is 12.6. The third kappa shape index (κ3) is 2.86. The number of hydrogen-bond donors (Lipinski definition) is 0. The van der Waals surface area contributed by atoms with Crippen molar-refractivity contribution in [3.63, 3.8) is 0 Å². The molecule has 9 nitrogen and oxygen atoms in total. The van der Waals surface area contributed by atoms with Gasteiger partial charge in [0.1, 0.15) is 0 Å². The number of hydrogen-bond acceptors (Lipinski definition) is 6. The Labute approximate surface area is 150 Å². The van der Waals surface area contributed by atoms with Gasteiger partial charge in [0.25, 0.3) is 5.91 Å². The van der Waals surface area contributed by atoms with Gasteiger partial charge in [0.15, 0.2) is 0 Å². The normalized spacial score (nSPS) is 20.0. The number of likely N-dealkylation sites (N-methyl/N-ethyl adjacent to an activating group) is 1. The maximum Gasteiger partial charge on any atom is 0.256 e. The molecule has 0 spiro atoms. The summed E-state index contributed by atoms with van der Waals surface area (Å²) in [7, 11) is 4.04. The highest BCUT2D eigenvalue weighted by Gasteiger charge is 2.38. The fraction of sp³-hybridized carbons (Fsp3) is 0.353. The van der Waals surface area contributed by atoms with Gasteiger partial charge >= 0.3 is 0 Å². The van der Waals surface area contributed by atoms with E-state index in [1.54, 1.807) is 23.3 Å². The van der Waals surface area contributed by atoms with Gasteiger partial charge in [-0.3, -0.25) is 4.79 Å². The first-order valence-electron chi connectivity index (χ1n) is 8.42. The molecule has 3 heterocycles. The molecule has 0 aliphatic carbocycles. The summed E-state index contributed by atoms with van der Waals surface area (Å²) < 4.78 is 3.45. The summed E-state index contributed by atoms with van der Waals surface area (Å²) in [6.07, 6.45) is 6.84. The van der Waals surface area contributed by atoms with E-state index in [0.717, 1.165) is 5.69 Å². The predicted octanol–water partition coefficient (Wildman–Crippen LogP) is 0.486. The van der Waals surface area contributed by atoms with Gasteiger partial charge in [-0.05, 0) is 26.2 Å². The molecule has 1 amide bonds. The van der Waals surface area contributed by atoms with Crippen LogP contribution >= 0.6 is 0 Å². The summed E-state index contributed by atoms with van der Waals surface area (Å²) in [6.45, 7) is 1.21. The van der Waals surface area contributed by atoms with Crippen molar-refractivity contribution in [2.45, 2.75) is 12.1 Å². The summed E-state index contributed by atoms with van der Waals surface area (Å²) in [5.41, 5.74) is 1.33. The Kier molecular flexibility index (Phi) is 4.21. The average Bonchev–Trinajstić information content (AvgIpc) is 3.41. The van der Waals surface area contributed by atoms with Gasteiger partial charge in [0, 0.05) is 19.3 Å². The molecule has 1 saturated heterocycles. The Hall–Kier alpha value is -3.07. The molecule has 134 valence electrons. The molecule has 2 atom stereocenters. The topological polar surface area (TPSA) is 85.0 Å². The van der Waals surface area contributed by atoms with Crippen molar-refractivity contribution in [1.29, 1.82) is 0 Å². The average molecular weight is 352 g/mol. The van der Waals surface area contributed by atoms with Gasteiger partial charge < -0.3 is 9.80 Å². The lowest BCUT2D eigenvalue weighted by molar-refractivity contribution is 0.0781. The van der Waals surface area contributed by atoms with Gasteiger partial charge in [0.05, 0.1) is 41.9 Å². The fourth-order valence-electron chi connectivity index (χ4n) is 3.46. The highest BCUT2D eigenvalue weighted by Crippen LogP contribution is 2.27. The molecular weight excluding hydrogens is 332 g/mol. The van der Waals surface area contributed by atoms with E-state index in [1.165, 1.54) is 0 Å². The van der Waals surface area contributed by atoms with E-state index < -0.39 is 0 Å². The van der Waals surface area contributed by atoms with E-state index in [0.29, 0.717) is 18.7 Å². The molecule has 0 saturated carbocycles. The summed E-state index contributed by atoms with van der Waals surface area (Å²) in [6, 6.07) is 7.68. The molecule has 4 rings (SSSR count). The fourth-order valence-corrected chi connectivity index (χ4v) is 3.46. The largest absolute Gasteiger partial charge is 0.335 e. The second-order valence-electron chi connectivity index (χ2n) is 6.56. The standard InChI is InChI=1S/C17H20N8O/c1-22(2)15-11-23(12-16(15)25-10-8-19-21-25)17(26)13-5-3-4-6-14(13)24-9-7-18-20-24/h3-10,15-16H,11-12H2,1-2H3/t15-,16+/m1/s1. The zero-order valence-corrected chi connectivity index (χ0v) is 14.7. The van der Waals surface area contributed by atoms with Gasteiger partial charge in [-0.2, -0.15) is 0 Å². The number of nitrogens with zero attached hydrogens (tertiary/aromatic N) is 8. The van der Waals surface area contributed by atoms with E-state index in [4.69, 9.17) is 0 Å². The second kappa shape index (κ2) is 6.68. The summed E-state index contributed by atoms with van der Waals surface area (Å²) in [4.78, 5) is 17.2. The number of rotatable bonds is 4. The molecule has 0 radical (unpaired) electrons. The molecule has 1 fully saturated rings. The number of benzene rings is 1. The molecule has 1 aliphatic heterocycles. The lowest BCUT2D eigenvalue weighted by atomic mass is 10.1. The van der Waals surface area contributed by atoms with E-state index in [1.807, 2.05) is 54.1 Å². The van der Waals surface area contributed by atoms with E-state index in [2.05, 4.69) is 25.5 Å². The molecule has 0 unspecified atom stereocenters. The first kappa shape index (κ1) is 16.4. The van der Waals surface area contributed by atoms with E-state index in [-0.39, 0.29) is 18.0 Å². The van der Waals surface area contributed by atoms with Crippen LogP contribution in [-0.2, 0) is 0 Å². The zero-order valence-electron chi connectivity index (χ0n) is 14.7. The number of carbonyl (C=O) groups excluding carboxylic acids is 1. The maximum absolute atomic E-state index is 13.2. The quantitative estimate of drug-likeness (QED) is 0.679.